The Balaban J connectivity index is 0.00000341. The summed E-state index contributed by atoms with van der Waals surface area (Å²) in [5.74, 6) is 0.405. The van der Waals surface area contributed by atoms with Crippen LogP contribution < -0.4 is 40.2 Å². The Morgan fingerprint density at radius 3 is 2.06 bits per heavy atom. The van der Waals surface area contributed by atoms with Crippen molar-refractivity contribution < 1.29 is 47.7 Å². The average Bonchev–Trinajstić information content (AvgIpc) is 2.58. The molecule has 0 spiro atoms. The first-order chi connectivity index (χ1) is 13.8. The predicted octanol–water partition coefficient (Wildman–Crippen LogP) is -0.0443. The molecule has 1 saturated heterocycles. The third kappa shape index (κ3) is 6.48. The quantitative estimate of drug-likeness (QED) is 0.447. The van der Waals surface area contributed by atoms with Crippen molar-refractivity contribution in [3.63, 3.8) is 0 Å². The molecule has 0 aliphatic carbocycles. The van der Waals surface area contributed by atoms with Crippen molar-refractivity contribution in [3.8, 4) is 0 Å². The number of nitrogens with zero attached hydrogens (tertiary/aromatic N) is 4. The minimum Gasteiger partial charge on any atom is -0.744 e. The van der Waals surface area contributed by atoms with Gasteiger partial charge in [-0.25, -0.2) is 8.42 Å². The first-order valence-electron chi connectivity index (χ1n) is 9.25. The molecule has 1 fully saturated rings. The molecule has 1 radical (unpaired) electrons. The molecule has 0 saturated carbocycles. The van der Waals surface area contributed by atoms with Crippen molar-refractivity contribution in [1.82, 2.24) is 20.0 Å². The summed E-state index contributed by atoms with van der Waals surface area (Å²) >= 11 is 6.03. The van der Waals surface area contributed by atoms with Crippen LogP contribution in [0.4, 0.5) is 17.6 Å². The maximum atomic E-state index is 12.5. The monoisotopic (exact) mass is 477 g/mol. The van der Waals surface area contributed by atoms with Gasteiger partial charge in [0.2, 0.25) is 17.2 Å². The van der Waals surface area contributed by atoms with Crippen molar-refractivity contribution in [2.45, 2.75) is 62.6 Å². The Hall–Kier alpha value is -1.05. The number of aromatic nitrogens is 3. The second-order valence-corrected chi connectivity index (χ2v) is 10.2. The molecule has 13 heteroatoms. The molecule has 0 amide bonds. The van der Waals surface area contributed by atoms with Gasteiger partial charge < -0.3 is 15.2 Å². The van der Waals surface area contributed by atoms with E-state index in [1.165, 1.54) is 24.3 Å². The molecule has 1 aromatic carbocycles. The number of anilines is 3. The van der Waals surface area contributed by atoms with Gasteiger partial charge in [-0.3, -0.25) is 0 Å². The van der Waals surface area contributed by atoms with E-state index in [1.54, 1.807) is 0 Å². The zero-order chi connectivity index (χ0) is 22.3. The van der Waals surface area contributed by atoms with Crippen LogP contribution in [-0.2, 0) is 15.3 Å². The molecule has 0 unspecified atom stereocenters. The molecule has 2 N–H and O–H groups in total. The summed E-state index contributed by atoms with van der Waals surface area (Å²) in [6.07, 6.45) is 1.19. The van der Waals surface area contributed by atoms with E-state index >= 15 is 0 Å². The third-order valence-electron chi connectivity index (χ3n) is 4.93. The van der Waals surface area contributed by atoms with Crippen molar-refractivity contribution >= 4 is 39.3 Å². The van der Waals surface area contributed by atoms with Crippen LogP contribution in [-0.4, -0.2) is 50.1 Å². The Labute approximate surface area is 208 Å². The average molecular weight is 478 g/mol. The second-order valence-electron chi connectivity index (χ2n) is 8.52. The summed E-state index contributed by atoms with van der Waals surface area (Å²) in [6.45, 7) is 7.59. The van der Waals surface area contributed by atoms with E-state index in [-0.39, 0.29) is 57.7 Å². The number of rotatable bonds is 5. The van der Waals surface area contributed by atoms with Crippen LogP contribution in [0.1, 0.15) is 40.5 Å². The van der Waals surface area contributed by atoms with Gasteiger partial charge in [0.1, 0.15) is 10.1 Å². The SMILES string of the molecule is CC1(C)CC(Nc2nc(Cl)nc(Nc3ccc(S(=O)(=O)[O-])cc3)n2)CC(C)(C)N1[O].[Na+]. The smallest absolute Gasteiger partial charge is 0.744 e. The predicted molar refractivity (Wildman–Crippen MR) is 110 cm³/mol. The van der Waals surface area contributed by atoms with Crippen LogP contribution in [0.5, 0.6) is 0 Å². The molecular formula is C18H23ClN6NaO4S. The fourth-order valence-corrected chi connectivity index (χ4v) is 4.48. The van der Waals surface area contributed by atoms with Gasteiger partial charge in [0.15, 0.2) is 0 Å². The van der Waals surface area contributed by atoms with Crippen molar-refractivity contribution in [3.05, 3.63) is 29.5 Å². The first kappa shape index (κ1) is 26.2. The molecular weight excluding hydrogens is 455 g/mol. The van der Waals surface area contributed by atoms with Crippen LogP contribution in [0.2, 0.25) is 5.28 Å². The summed E-state index contributed by atoms with van der Waals surface area (Å²) in [7, 11) is -4.52. The Morgan fingerprint density at radius 2 is 1.55 bits per heavy atom. The largest absolute Gasteiger partial charge is 1.00 e. The molecule has 2 heterocycles. The third-order valence-corrected chi connectivity index (χ3v) is 5.95. The molecule has 163 valence electrons. The molecule has 0 bridgehead atoms. The summed E-state index contributed by atoms with van der Waals surface area (Å²) in [5.41, 5.74) is -0.639. The number of hydroxylamine groups is 2. The van der Waals surface area contributed by atoms with E-state index in [9.17, 15) is 18.2 Å². The number of piperidine rings is 1. The molecule has 1 aliphatic rings. The van der Waals surface area contributed by atoms with E-state index in [1.807, 2.05) is 27.7 Å². The van der Waals surface area contributed by atoms with Crippen LogP contribution >= 0.6 is 11.6 Å². The second kappa shape index (κ2) is 9.44. The first-order valence-corrected chi connectivity index (χ1v) is 11.0. The molecule has 0 atom stereocenters. The van der Waals surface area contributed by atoms with Crippen molar-refractivity contribution in [2.24, 2.45) is 0 Å². The van der Waals surface area contributed by atoms with Gasteiger partial charge in [0.25, 0.3) is 0 Å². The van der Waals surface area contributed by atoms with E-state index in [0.717, 1.165) is 5.06 Å². The van der Waals surface area contributed by atoms with Gasteiger partial charge in [0.05, 0.1) is 4.90 Å². The Bertz CT molecular complexity index is 1020. The molecule has 1 aliphatic heterocycles. The normalized spacial score (nSPS) is 18.8. The number of hydrogen-bond acceptors (Lipinski definition) is 9. The van der Waals surface area contributed by atoms with Crippen LogP contribution in [0.25, 0.3) is 0 Å². The fraction of sp³-hybridized carbons (Fsp3) is 0.500. The number of halogens is 1. The fourth-order valence-electron chi connectivity index (χ4n) is 3.85. The van der Waals surface area contributed by atoms with E-state index < -0.39 is 21.2 Å². The minimum absolute atomic E-state index is 0. The van der Waals surface area contributed by atoms with Crippen molar-refractivity contribution in [2.75, 3.05) is 10.6 Å². The zero-order valence-corrected chi connectivity index (χ0v) is 21.6. The number of benzene rings is 1. The van der Waals surface area contributed by atoms with E-state index in [4.69, 9.17) is 11.6 Å². The van der Waals surface area contributed by atoms with Gasteiger partial charge in [-0.05, 0) is 76.4 Å². The Kier molecular flexibility index (Phi) is 7.98. The molecule has 1 aromatic heterocycles. The van der Waals surface area contributed by atoms with E-state index in [0.29, 0.717) is 18.5 Å². The molecule has 31 heavy (non-hydrogen) atoms. The maximum absolute atomic E-state index is 12.5. The minimum atomic E-state index is -4.52. The van der Waals surface area contributed by atoms with Gasteiger partial charge in [-0.15, -0.1) is 10.3 Å². The summed E-state index contributed by atoms with van der Waals surface area (Å²) < 4.78 is 33.1. The van der Waals surface area contributed by atoms with Crippen molar-refractivity contribution in [1.29, 1.82) is 0 Å². The van der Waals surface area contributed by atoms with Crippen LogP contribution in [0, 0.1) is 0 Å². The summed E-state index contributed by atoms with van der Waals surface area (Å²) in [5, 5.41) is 19.8. The zero-order valence-electron chi connectivity index (χ0n) is 18.0. The molecule has 2 aromatic rings. The standard InChI is InChI=1S/C18H24ClN6O4S.Na/c1-17(2)9-12(10-18(3,4)25(17)26)21-16-23-14(19)22-15(24-16)20-11-5-7-13(8-6-11)30(27,28)29;/h5-8,12H,9-10H2,1-4H3,(H,27,28,29)(H2,20,21,22,23,24);/q;+1/p-1. The summed E-state index contributed by atoms with van der Waals surface area (Å²) in [4.78, 5) is 12.1. The van der Waals surface area contributed by atoms with Gasteiger partial charge in [0, 0.05) is 22.8 Å². The van der Waals surface area contributed by atoms with Gasteiger partial charge >= 0.3 is 29.6 Å². The Morgan fingerprint density at radius 1 is 1.03 bits per heavy atom. The molecule has 10 nitrogen and oxygen atoms in total. The molecule has 3 rings (SSSR count). The maximum Gasteiger partial charge on any atom is 1.00 e. The van der Waals surface area contributed by atoms with Gasteiger partial charge in [-0.2, -0.15) is 15.0 Å². The van der Waals surface area contributed by atoms with Crippen LogP contribution in [0.15, 0.2) is 29.2 Å². The topological polar surface area (TPSA) is 143 Å². The number of nitrogens with one attached hydrogen (secondary N) is 2. The van der Waals surface area contributed by atoms with Crippen LogP contribution in [0.3, 0.4) is 0 Å². The van der Waals surface area contributed by atoms with E-state index in [2.05, 4.69) is 25.6 Å². The number of hydrogen-bond donors (Lipinski definition) is 2. The summed E-state index contributed by atoms with van der Waals surface area (Å²) in [6, 6.07) is 5.17. The van der Waals surface area contributed by atoms with Gasteiger partial charge in [-0.1, -0.05) is 0 Å².